The molecule has 1 rings (SSSR count). The fraction of sp³-hybridized carbons (Fsp3) is 0.917. The van der Waals surface area contributed by atoms with Crippen LogP contribution in [0, 0.1) is 0 Å². The summed E-state index contributed by atoms with van der Waals surface area (Å²) in [6, 6.07) is 0.202. The lowest BCUT2D eigenvalue weighted by atomic mass is 9.96. The molecule has 112 valence electrons. The van der Waals surface area contributed by atoms with E-state index in [-0.39, 0.29) is 17.7 Å². The van der Waals surface area contributed by atoms with Gasteiger partial charge in [-0.2, -0.15) is 0 Å². The molecule has 2 unspecified atom stereocenters. The van der Waals surface area contributed by atoms with Gasteiger partial charge < -0.3 is 16.0 Å². The molecule has 0 aromatic heterocycles. The topological polar surface area (TPSA) is 92.5 Å². The van der Waals surface area contributed by atoms with E-state index in [9.17, 15) is 13.2 Å². The van der Waals surface area contributed by atoms with Gasteiger partial charge in [0.15, 0.2) is 0 Å². The monoisotopic (exact) mass is 291 g/mol. The summed E-state index contributed by atoms with van der Waals surface area (Å²) in [5.41, 5.74) is 4.88. The number of nitrogens with one attached hydrogen (secondary N) is 1. The maximum absolute atomic E-state index is 11.6. The minimum absolute atomic E-state index is 0.144. The summed E-state index contributed by atoms with van der Waals surface area (Å²) in [4.78, 5) is 13.7. The average molecular weight is 291 g/mol. The van der Waals surface area contributed by atoms with Gasteiger partial charge in [0.1, 0.15) is 9.84 Å². The highest BCUT2D eigenvalue weighted by molar-refractivity contribution is 7.90. The zero-order valence-electron chi connectivity index (χ0n) is 12.0. The molecule has 1 amide bonds. The van der Waals surface area contributed by atoms with E-state index < -0.39 is 15.4 Å². The van der Waals surface area contributed by atoms with Gasteiger partial charge in [-0.1, -0.05) is 6.92 Å². The number of primary amides is 1. The van der Waals surface area contributed by atoms with Crippen LogP contribution in [0.1, 0.15) is 26.2 Å². The minimum Gasteiger partial charge on any atom is -0.368 e. The van der Waals surface area contributed by atoms with Crippen LogP contribution >= 0.6 is 0 Å². The molecule has 1 saturated carbocycles. The zero-order valence-corrected chi connectivity index (χ0v) is 12.8. The molecule has 0 spiro atoms. The lowest BCUT2D eigenvalue weighted by Crippen LogP contribution is -2.54. The van der Waals surface area contributed by atoms with Gasteiger partial charge in [0.25, 0.3) is 0 Å². The lowest BCUT2D eigenvalue weighted by molar-refractivity contribution is -0.124. The van der Waals surface area contributed by atoms with Gasteiger partial charge in [-0.05, 0) is 32.9 Å². The Morgan fingerprint density at radius 2 is 2.16 bits per heavy atom. The van der Waals surface area contributed by atoms with Crippen molar-refractivity contribution < 1.29 is 13.2 Å². The molecule has 0 bridgehead atoms. The SMILES string of the molecule is CCNC1(C(N)=O)CCC(N(C)CCS(C)(=O)=O)C1. The van der Waals surface area contributed by atoms with Crippen molar-refractivity contribution in [2.24, 2.45) is 5.73 Å². The highest BCUT2D eigenvalue weighted by Gasteiger charge is 2.44. The Morgan fingerprint density at radius 3 is 2.63 bits per heavy atom. The minimum atomic E-state index is -2.95. The summed E-state index contributed by atoms with van der Waals surface area (Å²) >= 11 is 0. The third kappa shape index (κ3) is 4.43. The molecule has 2 atom stereocenters. The molecule has 19 heavy (non-hydrogen) atoms. The maximum atomic E-state index is 11.6. The Kier molecular flexibility index (Phi) is 5.34. The van der Waals surface area contributed by atoms with E-state index in [1.807, 2.05) is 18.9 Å². The molecule has 6 nitrogen and oxygen atoms in total. The number of sulfone groups is 1. The van der Waals surface area contributed by atoms with Crippen LogP contribution in [-0.4, -0.2) is 63.0 Å². The Bertz CT molecular complexity index is 424. The Hall–Kier alpha value is -0.660. The van der Waals surface area contributed by atoms with E-state index in [2.05, 4.69) is 5.32 Å². The first-order chi connectivity index (χ1) is 8.70. The van der Waals surface area contributed by atoms with Crippen LogP contribution in [0.4, 0.5) is 0 Å². The molecular weight excluding hydrogens is 266 g/mol. The van der Waals surface area contributed by atoms with Crippen LogP contribution in [0.5, 0.6) is 0 Å². The Labute approximate surface area is 115 Å². The first-order valence-corrected chi connectivity index (χ1v) is 8.69. The Morgan fingerprint density at radius 1 is 1.53 bits per heavy atom. The van der Waals surface area contributed by atoms with Crippen molar-refractivity contribution >= 4 is 15.7 Å². The molecule has 7 heteroatoms. The van der Waals surface area contributed by atoms with Crippen molar-refractivity contribution in [3.8, 4) is 0 Å². The number of carbonyl (C=O) groups excluding carboxylic acids is 1. The van der Waals surface area contributed by atoms with Crippen molar-refractivity contribution in [3.05, 3.63) is 0 Å². The molecule has 0 aliphatic heterocycles. The third-order valence-corrected chi connectivity index (χ3v) is 4.84. The summed E-state index contributed by atoms with van der Waals surface area (Å²) in [6.45, 7) is 3.14. The maximum Gasteiger partial charge on any atom is 0.237 e. The third-order valence-electron chi connectivity index (χ3n) is 3.91. The average Bonchev–Trinajstić information content (AvgIpc) is 2.71. The number of likely N-dealkylation sites (N-methyl/N-ethyl adjacent to an activating group) is 1. The fourth-order valence-electron chi connectivity index (χ4n) is 2.70. The number of hydrogen-bond donors (Lipinski definition) is 2. The predicted molar refractivity (Wildman–Crippen MR) is 75.6 cm³/mol. The molecule has 0 aromatic rings. The second kappa shape index (κ2) is 6.19. The highest BCUT2D eigenvalue weighted by atomic mass is 32.2. The first-order valence-electron chi connectivity index (χ1n) is 6.63. The number of nitrogens with two attached hydrogens (primary N) is 1. The first kappa shape index (κ1) is 16.4. The molecule has 0 aromatic carbocycles. The summed E-state index contributed by atoms with van der Waals surface area (Å²) < 4.78 is 22.4. The number of carbonyl (C=O) groups is 1. The number of nitrogens with zero attached hydrogens (tertiary/aromatic N) is 1. The summed E-state index contributed by atoms with van der Waals surface area (Å²) in [6.07, 6.45) is 3.46. The molecule has 1 aliphatic rings. The van der Waals surface area contributed by atoms with Crippen LogP contribution in [0.3, 0.4) is 0 Å². The number of amides is 1. The van der Waals surface area contributed by atoms with Gasteiger partial charge in [0, 0.05) is 18.8 Å². The standard InChI is InChI=1S/C12H25N3O3S/c1-4-14-12(11(13)16)6-5-10(9-12)15(2)7-8-19(3,17)18/h10,14H,4-9H2,1-3H3,(H2,13,16). The van der Waals surface area contributed by atoms with Gasteiger partial charge in [-0.15, -0.1) is 0 Å². The largest absolute Gasteiger partial charge is 0.368 e. The second-order valence-electron chi connectivity index (χ2n) is 5.48. The van der Waals surface area contributed by atoms with E-state index in [4.69, 9.17) is 5.73 Å². The van der Waals surface area contributed by atoms with Crippen molar-refractivity contribution in [2.45, 2.75) is 37.8 Å². The molecule has 0 saturated heterocycles. The fourth-order valence-corrected chi connectivity index (χ4v) is 3.32. The summed E-state index contributed by atoms with van der Waals surface area (Å²) in [7, 11) is -1.05. The van der Waals surface area contributed by atoms with E-state index in [1.165, 1.54) is 6.26 Å². The van der Waals surface area contributed by atoms with Gasteiger partial charge in [0.2, 0.25) is 5.91 Å². The van der Waals surface area contributed by atoms with Crippen molar-refractivity contribution in [2.75, 3.05) is 32.1 Å². The van der Waals surface area contributed by atoms with E-state index >= 15 is 0 Å². The van der Waals surface area contributed by atoms with Crippen LogP contribution in [0.2, 0.25) is 0 Å². The van der Waals surface area contributed by atoms with Crippen molar-refractivity contribution in [1.29, 1.82) is 0 Å². The van der Waals surface area contributed by atoms with E-state index in [0.717, 1.165) is 6.42 Å². The van der Waals surface area contributed by atoms with Gasteiger partial charge in [-0.3, -0.25) is 4.79 Å². The van der Waals surface area contributed by atoms with Gasteiger partial charge in [-0.25, -0.2) is 8.42 Å². The molecule has 3 N–H and O–H groups in total. The summed E-state index contributed by atoms with van der Waals surface area (Å²) in [5.74, 6) is -0.168. The molecule has 0 heterocycles. The molecule has 1 aliphatic carbocycles. The highest BCUT2D eigenvalue weighted by Crippen LogP contribution is 2.32. The van der Waals surface area contributed by atoms with Crippen molar-refractivity contribution in [1.82, 2.24) is 10.2 Å². The second-order valence-corrected chi connectivity index (χ2v) is 7.74. The number of rotatable bonds is 7. The summed E-state index contributed by atoms with van der Waals surface area (Å²) in [5, 5.41) is 3.20. The molecule has 1 fully saturated rings. The molecule has 0 radical (unpaired) electrons. The lowest BCUT2D eigenvalue weighted by Gasteiger charge is -2.29. The quantitative estimate of drug-likeness (QED) is 0.650. The van der Waals surface area contributed by atoms with Crippen LogP contribution in [0.15, 0.2) is 0 Å². The zero-order chi connectivity index (χ0) is 14.7. The van der Waals surface area contributed by atoms with Crippen LogP contribution < -0.4 is 11.1 Å². The van der Waals surface area contributed by atoms with E-state index in [0.29, 0.717) is 25.9 Å². The Balaban J connectivity index is 2.61. The molecular formula is C12H25N3O3S. The van der Waals surface area contributed by atoms with Crippen LogP contribution in [-0.2, 0) is 14.6 Å². The van der Waals surface area contributed by atoms with Gasteiger partial charge in [0.05, 0.1) is 11.3 Å². The normalized spacial score (nSPS) is 27.9. The van der Waals surface area contributed by atoms with Crippen molar-refractivity contribution in [3.63, 3.8) is 0 Å². The number of hydrogen-bond acceptors (Lipinski definition) is 5. The predicted octanol–water partition coefficient (Wildman–Crippen LogP) is -0.651. The van der Waals surface area contributed by atoms with Crippen LogP contribution in [0.25, 0.3) is 0 Å². The van der Waals surface area contributed by atoms with E-state index in [1.54, 1.807) is 0 Å². The smallest absolute Gasteiger partial charge is 0.237 e. The van der Waals surface area contributed by atoms with Gasteiger partial charge >= 0.3 is 0 Å².